The van der Waals surface area contributed by atoms with Crippen molar-refractivity contribution in [1.29, 1.82) is 0 Å². The number of ether oxygens (including phenoxy) is 1. The van der Waals surface area contributed by atoms with Gasteiger partial charge in [0.25, 0.3) is 5.91 Å². The molecule has 1 aromatic carbocycles. The maximum atomic E-state index is 12.5. The highest BCUT2D eigenvalue weighted by molar-refractivity contribution is 6.42. The van der Waals surface area contributed by atoms with Crippen molar-refractivity contribution in [2.75, 3.05) is 5.32 Å². The van der Waals surface area contributed by atoms with Crippen LogP contribution in [0.3, 0.4) is 0 Å². The van der Waals surface area contributed by atoms with Gasteiger partial charge in [-0.05, 0) is 32.0 Å². The third-order valence-corrected chi connectivity index (χ3v) is 5.67. The first-order valence-corrected chi connectivity index (χ1v) is 10.7. The molecule has 0 aliphatic heterocycles. The molecule has 0 saturated heterocycles. The predicted octanol–water partition coefficient (Wildman–Crippen LogP) is 4.25. The molecular weight excluding hydrogens is 453 g/mol. The van der Waals surface area contributed by atoms with Gasteiger partial charge >= 0.3 is 0 Å². The Hall–Kier alpha value is -3.30. The fourth-order valence-corrected chi connectivity index (χ4v) is 3.48. The topological polar surface area (TPSA) is 91.8 Å². The number of hydrogen-bond donors (Lipinski definition) is 1. The number of aromatic nitrogens is 6. The monoisotopic (exact) mass is 473 g/mol. The second kappa shape index (κ2) is 9.46. The fraction of sp³-hybridized carbons (Fsp3) is 0.238. The van der Waals surface area contributed by atoms with Crippen LogP contribution in [0, 0.1) is 6.92 Å². The third kappa shape index (κ3) is 4.79. The van der Waals surface area contributed by atoms with Gasteiger partial charge in [-0.2, -0.15) is 15.3 Å². The van der Waals surface area contributed by atoms with Gasteiger partial charge in [0.05, 0.1) is 29.6 Å². The summed E-state index contributed by atoms with van der Waals surface area (Å²) in [7, 11) is 0. The normalized spacial score (nSPS) is 11.0. The molecule has 9 nitrogen and oxygen atoms in total. The molecule has 0 radical (unpaired) electrons. The molecule has 11 heteroatoms. The summed E-state index contributed by atoms with van der Waals surface area (Å²) in [5, 5.41) is 16.4. The van der Waals surface area contributed by atoms with Gasteiger partial charge in [0.1, 0.15) is 10.8 Å². The quantitative estimate of drug-likeness (QED) is 0.412. The van der Waals surface area contributed by atoms with Gasteiger partial charge in [0.2, 0.25) is 0 Å². The standard InChI is InChI=1S/C21H21Cl2N7O2/c1-3-30-14(2)15(9-25-30)11-29-12-16(10-24-29)26-21(31)18-7-8-28(27-18)13-32-19-6-4-5-17(22)20(19)23/h4-10,12H,3,11,13H2,1-2H3,(H,26,31). The summed E-state index contributed by atoms with van der Waals surface area (Å²) < 4.78 is 10.8. The maximum Gasteiger partial charge on any atom is 0.276 e. The van der Waals surface area contributed by atoms with E-state index in [-0.39, 0.29) is 18.3 Å². The van der Waals surface area contributed by atoms with Crippen molar-refractivity contribution >= 4 is 34.8 Å². The van der Waals surface area contributed by atoms with Crippen LogP contribution in [0.5, 0.6) is 5.75 Å². The average Bonchev–Trinajstić information content (AvgIpc) is 3.51. The molecule has 0 fully saturated rings. The van der Waals surface area contributed by atoms with E-state index in [2.05, 4.69) is 20.6 Å². The number of hydrogen-bond acceptors (Lipinski definition) is 5. The largest absolute Gasteiger partial charge is 0.470 e. The second-order valence-electron chi connectivity index (χ2n) is 7.02. The van der Waals surface area contributed by atoms with Gasteiger partial charge < -0.3 is 10.1 Å². The Morgan fingerprint density at radius 3 is 2.78 bits per heavy atom. The first-order valence-electron chi connectivity index (χ1n) is 9.90. The molecular formula is C21H21Cl2N7O2. The highest BCUT2D eigenvalue weighted by Crippen LogP contribution is 2.31. The first kappa shape index (κ1) is 21.9. The van der Waals surface area contributed by atoms with Gasteiger partial charge in [0.15, 0.2) is 12.4 Å². The number of halogens is 2. The Balaban J connectivity index is 1.35. The molecule has 0 aliphatic carbocycles. The Labute approximate surface area is 194 Å². The van der Waals surface area contributed by atoms with E-state index in [1.165, 1.54) is 4.68 Å². The molecule has 0 atom stereocenters. The van der Waals surface area contributed by atoms with Crippen molar-refractivity contribution in [2.24, 2.45) is 0 Å². The molecule has 0 aliphatic rings. The number of amides is 1. The van der Waals surface area contributed by atoms with Crippen LogP contribution in [-0.2, 0) is 19.8 Å². The van der Waals surface area contributed by atoms with Crippen molar-refractivity contribution in [2.45, 2.75) is 33.7 Å². The van der Waals surface area contributed by atoms with Gasteiger partial charge in [-0.15, -0.1) is 0 Å². The zero-order chi connectivity index (χ0) is 22.7. The van der Waals surface area contributed by atoms with Crippen molar-refractivity contribution < 1.29 is 9.53 Å². The highest BCUT2D eigenvalue weighted by atomic mass is 35.5. The minimum atomic E-state index is -0.348. The number of benzene rings is 1. The number of carbonyl (C=O) groups excluding carboxylic acids is 1. The molecule has 4 aromatic rings. The lowest BCUT2D eigenvalue weighted by molar-refractivity contribution is 0.102. The fourth-order valence-electron chi connectivity index (χ4n) is 3.13. The summed E-state index contributed by atoms with van der Waals surface area (Å²) >= 11 is 12.1. The van der Waals surface area contributed by atoms with Crippen LogP contribution in [0.2, 0.25) is 10.0 Å². The van der Waals surface area contributed by atoms with Crippen LogP contribution in [0.15, 0.2) is 49.1 Å². The zero-order valence-corrected chi connectivity index (χ0v) is 19.0. The Kier molecular flexibility index (Phi) is 6.48. The summed E-state index contributed by atoms with van der Waals surface area (Å²) in [4.78, 5) is 12.5. The van der Waals surface area contributed by atoms with Gasteiger partial charge in [-0.3, -0.25) is 14.2 Å². The lowest BCUT2D eigenvalue weighted by Crippen LogP contribution is -2.14. The molecule has 1 N–H and O–H groups in total. The summed E-state index contributed by atoms with van der Waals surface area (Å²) in [5.74, 6) is 0.0897. The van der Waals surface area contributed by atoms with Crippen LogP contribution >= 0.6 is 23.2 Å². The molecule has 0 bridgehead atoms. The molecule has 3 aromatic heterocycles. The number of aryl methyl sites for hydroxylation is 1. The van der Waals surface area contributed by atoms with Gasteiger partial charge in [-0.1, -0.05) is 29.3 Å². The lowest BCUT2D eigenvalue weighted by Gasteiger charge is -2.08. The lowest BCUT2D eigenvalue weighted by atomic mass is 10.2. The van der Waals surface area contributed by atoms with Gasteiger partial charge in [-0.25, -0.2) is 4.68 Å². The summed E-state index contributed by atoms with van der Waals surface area (Å²) in [6, 6.07) is 6.72. The minimum Gasteiger partial charge on any atom is -0.470 e. The van der Waals surface area contributed by atoms with E-state index in [1.807, 2.05) is 24.7 Å². The summed E-state index contributed by atoms with van der Waals surface area (Å²) in [5.41, 5.74) is 3.00. The van der Waals surface area contributed by atoms with Crippen LogP contribution in [-0.4, -0.2) is 35.2 Å². The SMILES string of the molecule is CCn1ncc(Cn2cc(NC(=O)c3ccn(COc4cccc(Cl)c4Cl)n3)cn2)c1C. The Bertz CT molecular complexity index is 1240. The smallest absolute Gasteiger partial charge is 0.276 e. The third-order valence-electron chi connectivity index (χ3n) is 4.87. The van der Waals surface area contributed by atoms with E-state index < -0.39 is 0 Å². The Morgan fingerprint density at radius 1 is 1.16 bits per heavy atom. The van der Waals surface area contributed by atoms with Crippen molar-refractivity contribution in [3.05, 3.63) is 76.0 Å². The Morgan fingerprint density at radius 2 is 2.00 bits per heavy atom. The molecule has 1 amide bonds. The summed E-state index contributed by atoms with van der Waals surface area (Å²) in [6.45, 7) is 5.54. The minimum absolute atomic E-state index is 0.0794. The summed E-state index contributed by atoms with van der Waals surface area (Å²) in [6.07, 6.45) is 6.84. The average molecular weight is 474 g/mol. The van der Waals surface area contributed by atoms with Crippen molar-refractivity contribution in [1.82, 2.24) is 29.3 Å². The van der Waals surface area contributed by atoms with Crippen molar-refractivity contribution in [3.63, 3.8) is 0 Å². The van der Waals surface area contributed by atoms with E-state index >= 15 is 0 Å². The molecule has 3 heterocycles. The van der Waals surface area contributed by atoms with Crippen LogP contribution in [0.4, 0.5) is 5.69 Å². The molecule has 32 heavy (non-hydrogen) atoms. The van der Waals surface area contributed by atoms with E-state index in [0.29, 0.717) is 28.0 Å². The van der Waals surface area contributed by atoms with E-state index in [0.717, 1.165) is 17.8 Å². The predicted molar refractivity (Wildman–Crippen MR) is 121 cm³/mol. The van der Waals surface area contributed by atoms with Crippen LogP contribution in [0.25, 0.3) is 0 Å². The molecule has 0 spiro atoms. The highest BCUT2D eigenvalue weighted by Gasteiger charge is 2.13. The number of anilines is 1. The zero-order valence-electron chi connectivity index (χ0n) is 17.5. The second-order valence-corrected chi connectivity index (χ2v) is 7.80. The molecule has 4 rings (SSSR count). The first-order chi connectivity index (χ1) is 15.4. The van der Waals surface area contributed by atoms with Gasteiger partial charge in [0, 0.05) is 30.2 Å². The van der Waals surface area contributed by atoms with Crippen LogP contribution in [0.1, 0.15) is 28.7 Å². The van der Waals surface area contributed by atoms with E-state index in [1.54, 1.807) is 47.5 Å². The molecule has 166 valence electrons. The number of carbonyl (C=O) groups is 1. The molecule has 0 saturated carbocycles. The van der Waals surface area contributed by atoms with E-state index in [9.17, 15) is 4.79 Å². The van der Waals surface area contributed by atoms with Crippen LogP contribution < -0.4 is 10.1 Å². The number of rotatable bonds is 8. The number of nitrogens with zero attached hydrogens (tertiary/aromatic N) is 6. The van der Waals surface area contributed by atoms with E-state index in [4.69, 9.17) is 27.9 Å². The molecule has 0 unspecified atom stereocenters. The maximum absolute atomic E-state index is 12.5. The van der Waals surface area contributed by atoms with Crippen molar-refractivity contribution in [3.8, 4) is 5.75 Å². The number of nitrogens with one attached hydrogen (secondary N) is 1.